The van der Waals surface area contributed by atoms with E-state index < -0.39 is 0 Å². The standard InChI is InChI=1S/C26H31NO4/c1-6-30-24-15-25-22(23(16-31-25)20-9-8-17(2)12-18(20)3)14-21(24)19(4)13-26(28)27-10-7-11-29-5/h8-9,12-16H,6-7,10-11H2,1-5H3,(H,27,28)/b19-13+. The van der Waals surface area contributed by atoms with E-state index in [0.29, 0.717) is 25.5 Å². The maximum atomic E-state index is 12.4. The molecule has 0 saturated heterocycles. The highest BCUT2D eigenvalue weighted by atomic mass is 16.5. The molecule has 5 heteroatoms. The largest absolute Gasteiger partial charge is 0.493 e. The van der Waals surface area contributed by atoms with E-state index in [1.54, 1.807) is 19.4 Å². The number of carbonyl (C=O) groups is 1. The highest BCUT2D eigenvalue weighted by molar-refractivity contribution is 6.00. The van der Waals surface area contributed by atoms with Gasteiger partial charge < -0.3 is 19.2 Å². The minimum atomic E-state index is -0.127. The SMILES string of the molecule is CCOc1cc2occ(-c3ccc(C)cc3C)c2cc1/C(C)=C/C(=O)NCCCOC. The monoisotopic (exact) mass is 421 g/mol. The molecule has 31 heavy (non-hydrogen) atoms. The normalized spacial score (nSPS) is 11.7. The molecule has 0 aliphatic carbocycles. The molecule has 0 bridgehead atoms. The van der Waals surface area contributed by atoms with Gasteiger partial charge in [0.25, 0.3) is 0 Å². The van der Waals surface area contributed by atoms with Crippen molar-refractivity contribution in [2.24, 2.45) is 0 Å². The predicted octanol–water partition coefficient (Wildman–Crippen LogP) is 5.67. The number of nitrogens with one attached hydrogen (secondary N) is 1. The summed E-state index contributed by atoms with van der Waals surface area (Å²) < 4.78 is 16.8. The topological polar surface area (TPSA) is 60.7 Å². The first kappa shape index (κ1) is 22.6. The minimum Gasteiger partial charge on any atom is -0.493 e. The number of fused-ring (bicyclic) bond motifs is 1. The summed E-state index contributed by atoms with van der Waals surface area (Å²) in [6, 6.07) is 10.4. The number of amides is 1. The number of hydrogen-bond donors (Lipinski definition) is 1. The average molecular weight is 422 g/mol. The number of aryl methyl sites for hydroxylation is 2. The van der Waals surface area contributed by atoms with E-state index in [4.69, 9.17) is 13.9 Å². The second-order valence-electron chi connectivity index (χ2n) is 7.71. The zero-order valence-corrected chi connectivity index (χ0v) is 19.0. The third kappa shape index (κ3) is 5.36. The van der Waals surface area contributed by atoms with Gasteiger partial charge in [0.05, 0.1) is 12.9 Å². The first-order chi connectivity index (χ1) is 14.9. The van der Waals surface area contributed by atoms with Crippen molar-refractivity contribution >= 4 is 22.4 Å². The quantitative estimate of drug-likeness (QED) is 0.357. The van der Waals surface area contributed by atoms with E-state index in [1.807, 2.05) is 19.9 Å². The summed E-state index contributed by atoms with van der Waals surface area (Å²) in [5.41, 5.74) is 7.07. The Bertz CT molecular complexity index is 1090. The van der Waals surface area contributed by atoms with Gasteiger partial charge in [0, 0.05) is 48.9 Å². The molecule has 0 aliphatic rings. The first-order valence-corrected chi connectivity index (χ1v) is 10.7. The molecule has 164 valence electrons. The van der Waals surface area contributed by atoms with E-state index >= 15 is 0 Å². The molecule has 2 aromatic carbocycles. The molecule has 1 aromatic heterocycles. The minimum absolute atomic E-state index is 0.127. The molecule has 3 rings (SSSR count). The number of hydrogen-bond acceptors (Lipinski definition) is 4. The van der Waals surface area contributed by atoms with Gasteiger partial charge in [-0.05, 0) is 56.9 Å². The molecule has 0 atom stereocenters. The summed E-state index contributed by atoms with van der Waals surface area (Å²) in [7, 11) is 1.65. The predicted molar refractivity (Wildman–Crippen MR) is 125 cm³/mol. The average Bonchev–Trinajstić information content (AvgIpc) is 3.13. The van der Waals surface area contributed by atoms with Crippen molar-refractivity contribution in [2.75, 3.05) is 26.9 Å². The highest BCUT2D eigenvalue weighted by Crippen LogP contribution is 2.38. The summed E-state index contributed by atoms with van der Waals surface area (Å²) in [5, 5.41) is 3.90. The van der Waals surface area contributed by atoms with Crippen LogP contribution < -0.4 is 10.1 Å². The molecule has 0 unspecified atom stereocenters. The third-order valence-corrected chi connectivity index (χ3v) is 5.24. The van der Waals surface area contributed by atoms with Crippen LogP contribution >= 0.6 is 0 Å². The Labute approximate surface area is 184 Å². The van der Waals surface area contributed by atoms with Crippen LogP contribution in [0.5, 0.6) is 5.75 Å². The van der Waals surface area contributed by atoms with Crippen LogP contribution in [0.15, 0.2) is 47.1 Å². The van der Waals surface area contributed by atoms with Crippen molar-refractivity contribution in [3.05, 3.63) is 59.4 Å². The summed E-state index contributed by atoms with van der Waals surface area (Å²) in [4.78, 5) is 12.4. The summed E-state index contributed by atoms with van der Waals surface area (Å²) in [5.74, 6) is 0.579. The molecule has 1 amide bonds. The second-order valence-corrected chi connectivity index (χ2v) is 7.71. The Morgan fingerprint density at radius 3 is 2.68 bits per heavy atom. The summed E-state index contributed by atoms with van der Waals surface area (Å²) >= 11 is 0. The molecule has 1 N–H and O–H groups in total. The number of carbonyl (C=O) groups excluding carboxylic acids is 1. The van der Waals surface area contributed by atoms with Crippen LogP contribution in [-0.2, 0) is 9.53 Å². The Kier molecular flexibility index (Phi) is 7.53. The van der Waals surface area contributed by atoms with Gasteiger partial charge in [0.1, 0.15) is 11.3 Å². The first-order valence-electron chi connectivity index (χ1n) is 10.7. The molecule has 3 aromatic rings. The Balaban J connectivity index is 2.00. The van der Waals surface area contributed by atoms with Gasteiger partial charge in [-0.25, -0.2) is 0 Å². The maximum Gasteiger partial charge on any atom is 0.244 e. The number of furan rings is 1. The lowest BCUT2D eigenvalue weighted by Crippen LogP contribution is -2.23. The lowest BCUT2D eigenvalue weighted by Gasteiger charge is -2.12. The molecule has 0 saturated carbocycles. The van der Waals surface area contributed by atoms with Crippen LogP contribution in [0.2, 0.25) is 0 Å². The van der Waals surface area contributed by atoms with Gasteiger partial charge in [-0.2, -0.15) is 0 Å². The molecule has 0 aliphatic heterocycles. The van der Waals surface area contributed by atoms with Crippen LogP contribution in [0.3, 0.4) is 0 Å². The smallest absolute Gasteiger partial charge is 0.244 e. The van der Waals surface area contributed by atoms with Crippen LogP contribution in [0.4, 0.5) is 0 Å². The van der Waals surface area contributed by atoms with Crippen molar-refractivity contribution < 1.29 is 18.7 Å². The highest BCUT2D eigenvalue weighted by Gasteiger charge is 2.16. The molecule has 1 heterocycles. The number of methoxy groups -OCH3 is 1. The fourth-order valence-corrected chi connectivity index (χ4v) is 3.72. The van der Waals surface area contributed by atoms with Crippen LogP contribution in [0.1, 0.15) is 37.0 Å². The second kappa shape index (κ2) is 10.3. The van der Waals surface area contributed by atoms with Crippen molar-refractivity contribution in [2.45, 2.75) is 34.1 Å². The lowest BCUT2D eigenvalue weighted by atomic mass is 9.96. The number of benzene rings is 2. The number of allylic oxidation sites excluding steroid dienone is 1. The van der Waals surface area contributed by atoms with Gasteiger partial charge in [0.2, 0.25) is 5.91 Å². The van der Waals surface area contributed by atoms with Crippen LogP contribution in [0, 0.1) is 13.8 Å². The zero-order chi connectivity index (χ0) is 22.4. The van der Waals surface area contributed by atoms with E-state index in [0.717, 1.165) is 39.7 Å². The van der Waals surface area contributed by atoms with E-state index in [-0.39, 0.29) is 5.91 Å². The van der Waals surface area contributed by atoms with Gasteiger partial charge in [0.15, 0.2) is 0 Å². The fourth-order valence-electron chi connectivity index (χ4n) is 3.72. The van der Waals surface area contributed by atoms with Crippen LogP contribution in [0.25, 0.3) is 27.7 Å². The Hall–Kier alpha value is -3.05. The van der Waals surface area contributed by atoms with Crippen molar-refractivity contribution in [1.29, 1.82) is 0 Å². The third-order valence-electron chi connectivity index (χ3n) is 5.24. The maximum absolute atomic E-state index is 12.4. The molecular weight excluding hydrogens is 390 g/mol. The molecule has 0 radical (unpaired) electrons. The number of ether oxygens (including phenoxy) is 2. The molecule has 5 nitrogen and oxygen atoms in total. The number of rotatable bonds is 9. The van der Waals surface area contributed by atoms with Gasteiger partial charge in [-0.1, -0.05) is 23.8 Å². The van der Waals surface area contributed by atoms with Crippen LogP contribution in [-0.4, -0.2) is 32.8 Å². The molecule has 0 fully saturated rings. The lowest BCUT2D eigenvalue weighted by molar-refractivity contribution is -0.116. The zero-order valence-electron chi connectivity index (χ0n) is 19.0. The van der Waals surface area contributed by atoms with Crippen molar-refractivity contribution in [3.63, 3.8) is 0 Å². The fraction of sp³-hybridized carbons (Fsp3) is 0.346. The summed E-state index contributed by atoms with van der Waals surface area (Å²) in [6.07, 6.45) is 4.19. The van der Waals surface area contributed by atoms with E-state index in [1.165, 1.54) is 11.1 Å². The van der Waals surface area contributed by atoms with E-state index in [9.17, 15) is 4.79 Å². The van der Waals surface area contributed by atoms with E-state index in [2.05, 4.69) is 43.4 Å². The molecule has 0 spiro atoms. The summed E-state index contributed by atoms with van der Waals surface area (Å²) in [6.45, 7) is 9.79. The van der Waals surface area contributed by atoms with Crippen molar-refractivity contribution in [3.8, 4) is 16.9 Å². The Morgan fingerprint density at radius 1 is 1.16 bits per heavy atom. The van der Waals surface area contributed by atoms with Gasteiger partial charge >= 0.3 is 0 Å². The van der Waals surface area contributed by atoms with Crippen molar-refractivity contribution in [1.82, 2.24) is 5.32 Å². The van der Waals surface area contributed by atoms with Gasteiger partial charge in [-0.15, -0.1) is 0 Å². The Morgan fingerprint density at radius 2 is 1.97 bits per heavy atom. The van der Waals surface area contributed by atoms with Gasteiger partial charge in [-0.3, -0.25) is 4.79 Å². The molecular formula is C26H31NO4.